The van der Waals surface area contributed by atoms with Crippen molar-refractivity contribution in [1.82, 2.24) is 4.57 Å². The summed E-state index contributed by atoms with van der Waals surface area (Å²) in [6.07, 6.45) is 1.39. The van der Waals surface area contributed by atoms with E-state index in [0.717, 1.165) is 0 Å². The van der Waals surface area contributed by atoms with Crippen LogP contribution >= 0.6 is 0 Å². The Morgan fingerprint density at radius 1 is 0.963 bits per heavy atom. The third kappa shape index (κ3) is 3.52. The van der Waals surface area contributed by atoms with Crippen molar-refractivity contribution < 1.29 is 18.7 Å². The molecule has 1 heterocycles. The van der Waals surface area contributed by atoms with Crippen LogP contribution in [0.5, 0.6) is 11.5 Å². The van der Waals surface area contributed by atoms with Crippen molar-refractivity contribution >= 4 is 11.5 Å². The molecule has 0 spiro atoms. The number of nitrogens with two attached hydrogens (primary N) is 1. The SMILES string of the molecule is COc1ccc(-n2cc(C(=O)c3ccc(F)cc3)cc(N)c2=O)cc1OC. The van der Waals surface area contributed by atoms with Crippen molar-refractivity contribution in [3.8, 4) is 17.2 Å². The average molecular weight is 368 g/mol. The van der Waals surface area contributed by atoms with E-state index in [1.807, 2.05) is 0 Å². The summed E-state index contributed by atoms with van der Waals surface area (Å²) < 4.78 is 24.8. The molecule has 0 radical (unpaired) electrons. The summed E-state index contributed by atoms with van der Waals surface area (Å²) in [5, 5.41) is 0. The molecule has 138 valence electrons. The maximum absolute atomic E-state index is 13.1. The molecular weight excluding hydrogens is 351 g/mol. The molecule has 0 unspecified atom stereocenters. The third-order valence-corrected chi connectivity index (χ3v) is 4.06. The highest BCUT2D eigenvalue weighted by molar-refractivity contribution is 6.09. The topological polar surface area (TPSA) is 83.5 Å². The molecule has 2 N–H and O–H groups in total. The van der Waals surface area contributed by atoms with Gasteiger partial charge in [0.15, 0.2) is 17.3 Å². The van der Waals surface area contributed by atoms with Crippen molar-refractivity contribution in [3.05, 3.63) is 82.0 Å². The molecule has 0 atom stereocenters. The molecule has 0 amide bonds. The fourth-order valence-corrected chi connectivity index (χ4v) is 2.66. The van der Waals surface area contributed by atoms with Crippen molar-refractivity contribution in [1.29, 1.82) is 0 Å². The van der Waals surface area contributed by atoms with E-state index in [1.54, 1.807) is 18.2 Å². The lowest BCUT2D eigenvalue weighted by atomic mass is 10.0. The van der Waals surface area contributed by atoms with E-state index in [-0.39, 0.29) is 22.6 Å². The third-order valence-electron chi connectivity index (χ3n) is 4.06. The number of ketones is 1. The average Bonchev–Trinajstić information content (AvgIpc) is 2.69. The van der Waals surface area contributed by atoms with Gasteiger partial charge in [-0.1, -0.05) is 0 Å². The van der Waals surface area contributed by atoms with Gasteiger partial charge in [-0.3, -0.25) is 14.2 Å². The number of aromatic nitrogens is 1. The molecule has 3 rings (SSSR count). The van der Waals surface area contributed by atoms with Crippen LogP contribution in [0.4, 0.5) is 10.1 Å². The Kier molecular flexibility index (Phi) is 4.94. The number of methoxy groups -OCH3 is 2. The van der Waals surface area contributed by atoms with Gasteiger partial charge >= 0.3 is 0 Å². The fourth-order valence-electron chi connectivity index (χ4n) is 2.66. The van der Waals surface area contributed by atoms with Crippen LogP contribution in [-0.4, -0.2) is 24.6 Å². The summed E-state index contributed by atoms with van der Waals surface area (Å²) in [5.41, 5.74) is 6.21. The summed E-state index contributed by atoms with van der Waals surface area (Å²) in [4.78, 5) is 25.2. The van der Waals surface area contributed by atoms with E-state index in [9.17, 15) is 14.0 Å². The molecule has 0 aliphatic heterocycles. The lowest BCUT2D eigenvalue weighted by Crippen LogP contribution is -2.23. The first-order valence-electron chi connectivity index (χ1n) is 7.99. The number of carbonyl (C=O) groups excluding carboxylic acids is 1. The van der Waals surface area contributed by atoms with E-state index in [2.05, 4.69) is 0 Å². The molecule has 0 saturated carbocycles. The minimum absolute atomic E-state index is 0.0854. The second-order valence-electron chi connectivity index (χ2n) is 5.73. The van der Waals surface area contributed by atoms with Crippen LogP contribution in [0.3, 0.4) is 0 Å². The highest BCUT2D eigenvalue weighted by Crippen LogP contribution is 2.29. The molecule has 0 bridgehead atoms. The number of carbonyl (C=O) groups is 1. The Morgan fingerprint density at radius 3 is 2.26 bits per heavy atom. The predicted octanol–water partition coefficient (Wildman–Crippen LogP) is 2.81. The Bertz CT molecular complexity index is 1060. The molecule has 0 aliphatic rings. The number of rotatable bonds is 5. The van der Waals surface area contributed by atoms with Crippen LogP contribution in [0.2, 0.25) is 0 Å². The highest BCUT2D eigenvalue weighted by Gasteiger charge is 2.15. The maximum Gasteiger partial charge on any atom is 0.278 e. The Hall–Kier alpha value is -3.61. The normalized spacial score (nSPS) is 10.5. The molecular formula is C20H17FN2O4. The molecule has 7 heteroatoms. The smallest absolute Gasteiger partial charge is 0.278 e. The summed E-state index contributed by atoms with van der Waals surface area (Å²) in [5.74, 6) is 0.105. The number of nitrogens with zero attached hydrogens (tertiary/aromatic N) is 1. The van der Waals surface area contributed by atoms with Gasteiger partial charge in [-0.25, -0.2) is 4.39 Å². The zero-order valence-electron chi connectivity index (χ0n) is 14.7. The predicted molar refractivity (Wildman–Crippen MR) is 99.4 cm³/mol. The zero-order chi connectivity index (χ0) is 19.6. The summed E-state index contributed by atoms with van der Waals surface area (Å²) >= 11 is 0. The van der Waals surface area contributed by atoms with Gasteiger partial charge < -0.3 is 15.2 Å². The van der Waals surface area contributed by atoms with E-state index in [4.69, 9.17) is 15.2 Å². The van der Waals surface area contributed by atoms with Gasteiger partial charge in [-0.15, -0.1) is 0 Å². The van der Waals surface area contributed by atoms with Crippen LogP contribution in [0.25, 0.3) is 5.69 Å². The summed E-state index contributed by atoms with van der Waals surface area (Å²) in [6.45, 7) is 0. The van der Waals surface area contributed by atoms with Crippen LogP contribution < -0.4 is 20.8 Å². The highest BCUT2D eigenvalue weighted by atomic mass is 19.1. The number of ether oxygens (including phenoxy) is 2. The van der Waals surface area contributed by atoms with Gasteiger partial charge in [0.1, 0.15) is 5.82 Å². The van der Waals surface area contributed by atoms with E-state index in [1.165, 1.54) is 55.3 Å². The van der Waals surface area contributed by atoms with Crippen molar-refractivity contribution in [2.75, 3.05) is 20.0 Å². The minimum Gasteiger partial charge on any atom is -0.493 e. The van der Waals surface area contributed by atoms with E-state index < -0.39 is 11.4 Å². The number of hydrogen-bond donors (Lipinski definition) is 1. The lowest BCUT2D eigenvalue weighted by molar-refractivity contribution is 0.103. The van der Waals surface area contributed by atoms with E-state index in [0.29, 0.717) is 17.2 Å². The molecule has 6 nitrogen and oxygen atoms in total. The second-order valence-corrected chi connectivity index (χ2v) is 5.73. The van der Waals surface area contributed by atoms with Crippen molar-refractivity contribution in [2.45, 2.75) is 0 Å². The second kappa shape index (κ2) is 7.33. The van der Waals surface area contributed by atoms with Gasteiger partial charge in [-0.05, 0) is 42.5 Å². The van der Waals surface area contributed by atoms with Gasteiger partial charge in [0.2, 0.25) is 0 Å². The number of pyridine rings is 1. The maximum atomic E-state index is 13.1. The first kappa shape index (κ1) is 18.2. The number of halogens is 1. The first-order chi connectivity index (χ1) is 12.9. The van der Waals surface area contributed by atoms with E-state index >= 15 is 0 Å². The molecule has 3 aromatic rings. The van der Waals surface area contributed by atoms with Crippen molar-refractivity contribution in [2.24, 2.45) is 0 Å². The molecule has 0 fully saturated rings. The molecule has 0 saturated heterocycles. The number of benzene rings is 2. The van der Waals surface area contributed by atoms with Crippen molar-refractivity contribution in [3.63, 3.8) is 0 Å². The Morgan fingerprint density at radius 2 is 1.63 bits per heavy atom. The van der Waals surface area contributed by atoms with Crippen LogP contribution in [-0.2, 0) is 0 Å². The molecule has 0 aliphatic carbocycles. The number of anilines is 1. The Balaban J connectivity index is 2.11. The number of nitrogen functional groups attached to an aromatic ring is 1. The quantitative estimate of drug-likeness (QED) is 0.700. The first-order valence-corrected chi connectivity index (χ1v) is 7.99. The standard InChI is InChI=1S/C20H17FN2O4/c1-26-17-8-7-15(10-18(17)27-2)23-11-13(9-16(22)20(23)25)19(24)12-3-5-14(21)6-4-12/h3-11H,22H2,1-2H3. The van der Waals surface area contributed by atoms with Crippen LogP contribution in [0.15, 0.2) is 59.5 Å². The van der Waals surface area contributed by atoms with Gasteiger partial charge in [-0.2, -0.15) is 0 Å². The minimum atomic E-state index is -0.474. The van der Waals surface area contributed by atoms with Crippen LogP contribution in [0.1, 0.15) is 15.9 Å². The summed E-state index contributed by atoms with van der Waals surface area (Å²) in [7, 11) is 2.98. The number of hydrogen-bond acceptors (Lipinski definition) is 5. The lowest BCUT2D eigenvalue weighted by Gasteiger charge is -2.13. The molecule has 1 aromatic heterocycles. The summed E-state index contributed by atoms with van der Waals surface area (Å²) in [6, 6.07) is 11.3. The monoisotopic (exact) mass is 368 g/mol. The fraction of sp³-hybridized carbons (Fsp3) is 0.100. The van der Waals surface area contributed by atoms with Gasteiger partial charge in [0.25, 0.3) is 5.56 Å². The van der Waals surface area contributed by atoms with Gasteiger partial charge in [0, 0.05) is 23.4 Å². The van der Waals surface area contributed by atoms with Crippen LogP contribution in [0, 0.1) is 5.82 Å². The largest absolute Gasteiger partial charge is 0.493 e. The zero-order valence-corrected chi connectivity index (χ0v) is 14.7. The van der Waals surface area contributed by atoms with Gasteiger partial charge in [0.05, 0.1) is 25.6 Å². The molecule has 27 heavy (non-hydrogen) atoms. The Labute approximate surface area is 154 Å². The molecule has 2 aromatic carbocycles.